The van der Waals surface area contributed by atoms with E-state index in [1.807, 2.05) is 0 Å². The molecule has 9 heteroatoms. The molecule has 0 fully saturated rings. The Kier molecular flexibility index (Phi) is 5.45. The topological polar surface area (TPSA) is 71.5 Å². The molecule has 1 aliphatic heterocycles. The van der Waals surface area contributed by atoms with Gasteiger partial charge in [0, 0.05) is 10.4 Å². The molecule has 2 heterocycles. The average Bonchev–Trinajstić information content (AvgIpc) is 3.00. The van der Waals surface area contributed by atoms with Gasteiger partial charge in [-0.25, -0.2) is 13.8 Å². The minimum atomic E-state index is -0.967. The number of halogens is 2. The number of ether oxygens (including phenoxy) is 1. The minimum absolute atomic E-state index is 0.165. The van der Waals surface area contributed by atoms with Gasteiger partial charge in [0.2, 0.25) is 11.8 Å². The van der Waals surface area contributed by atoms with Crippen molar-refractivity contribution in [1.82, 2.24) is 4.98 Å². The summed E-state index contributed by atoms with van der Waals surface area (Å²) in [5.41, 5.74) is 1.41. The predicted octanol–water partition coefficient (Wildman–Crippen LogP) is 4.15. The molecule has 0 radical (unpaired) electrons. The zero-order valence-electron chi connectivity index (χ0n) is 15.9. The van der Waals surface area contributed by atoms with Crippen molar-refractivity contribution in [2.75, 3.05) is 23.4 Å². The third-order valence-corrected chi connectivity index (χ3v) is 5.45. The van der Waals surface area contributed by atoms with Crippen molar-refractivity contribution >= 4 is 34.0 Å². The predicted molar refractivity (Wildman–Crippen MR) is 110 cm³/mol. The summed E-state index contributed by atoms with van der Waals surface area (Å²) in [5.74, 6) is -2.00. The van der Waals surface area contributed by atoms with Gasteiger partial charge in [-0.1, -0.05) is 12.1 Å². The maximum absolute atomic E-state index is 13.5. The molecule has 0 saturated carbocycles. The number of carbonyl (C=O) groups is 2. The number of rotatable bonds is 4. The summed E-state index contributed by atoms with van der Waals surface area (Å²) in [4.78, 5) is 31.5. The molecule has 6 nitrogen and oxygen atoms in total. The molecule has 2 amide bonds. The quantitative estimate of drug-likeness (QED) is 0.676. The second-order valence-electron chi connectivity index (χ2n) is 6.65. The van der Waals surface area contributed by atoms with Crippen LogP contribution in [0.2, 0.25) is 0 Å². The van der Waals surface area contributed by atoms with E-state index in [1.54, 1.807) is 31.2 Å². The third kappa shape index (κ3) is 4.02. The second kappa shape index (κ2) is 8.19. The van der Waals surface area contributed by atoms with E-state index < -0.39 is 17.5 Å². The summed E-state index contributed by atoms with van der Waals surface area (Å²) >= 11 is 1.21. The molecule has 1 aromatic heterocycles. The van der Waals surface area contributed by atoms with Gasteiger partial charge in [-0.2, -0.15) is 0 Å². The first-order valence-corrected chi connectivity index (χ1v) is 9.99. The maximum Gasteiger partial charge on any atom is 0.246 e. The molecular formula is C21H17F2N3O3S. The van der Waals surface area contributed by atoms with Gasteiger partial charge in [0.25, 0.3) is 0 Å². The van der Waals surface area contributed by atoms with Gasteiger partial charge in [-0.15, -0.1) is 11.3 Å². The van der Waals surface area contributed by atoms with Crippen molar-refractivity contribution in [3.63, 3.8) is 0 Å². The van der Waals surface area contributed by atoms with Crippen molar-refractivity contribution in [3.8, 4) is 17.0 Å². The van der Waals surface area contributed by atoms with Crippen LogP contribution in [0.5, 0.6) is 5.75 Å². The molecule has 0 spiro atoms. The Morgan fingerprint density at radius 2 is 2.03 bits per heavy atom. The van der Waals surface area contributed by atoms with Gasteiger partial charge in [0.05, 0.1) is 24.4 Å². The molecule has 1 aliphatic rings. The van der Waals surface area contributed by atoms with Crippen LogP contribution in [0.25, 0.3) is 11.3 Å². The van der Waals surface area contributed by atoms with E-state index in [-0.39, 0.29) is 25.5 Å². The van der Waals surface area contributed by atoms with Gasteiger partial charge >= 0.3 is 0 Å². The van der Waals surface area contributed by atoms with Crippen molar-refractivity contribution in [2.45, 2.75) is 13.3 Å². The molecule has 0 bridgehead atoms. The highest BCUT2D eigenvalue weighted by molar-refractivity contribution is 7.16. The Morgan fingerprint density at radius 1 is 1.23 bits per heavy atom. The highest BCUT2D eigenvalue weighted by Crippen LogP contribution is 2.32. The molecule has 2 aromatic carbocycles. The fourth-order valence-corrected chi connectivity index (χ4v) is 4.01. The average molecular weight is 429 g/mol. The summed E-state index contributed by atoms with van der Waals surface area (Å²) in [7, 11) is 0. The van der Waals surface area contributed by atoms with Crippen molar-refractivity contribution in [1.29, 1.82) is 0 Å². The first-order valence-electron chi connectivity index (χ1n) is 9.17. The molecule has 3 aromatic rings. The summed E-state index contributed by atoms with van der Waals surface area (Å²) in [6, 6.07) is 10.6. The van der Waals surface area contributed by atoms with Crippen LogP contribution in [0, 0.1) is 18.6 Å². The fraction of sp³-hybridized carbons (Fsp3) is 0.190. The Morgan fingerprint density at radius 3 is 2.83 bits per heavy atom. The standard InChI is InChI=1S/C21H17F2N3O3S/c1-12-20(13-6-7-14(22)15(23)10-13)25-21(30-12)24-18(27)11-26-16-4-2-3-5-17(16)29-9-8-19(26)28/h2-7,10H,8-9,11H2,1H3,(H,24,25,27). The maximum atomic E-state index is 13.5. The van der Waals surface area contributed by atoms with Gasteiger partial charge in [0.1, 0.15) is 12.3 Å². The smallest absolute Gasteiger partial charge is 0.246 e. The molecule has 154 valence electrons. The van der Waals surface area contributed by atoms with Crippen LogP contribution < -0.4 is 15.0 Å². The lowest BCUT2D eigenvalue weighted by molar-refractivity contribution is -0.121. The van der Waals surface area contributed by atoms with E-state index in [0.717, 1.165) is 17.0 Å². The van der Waals surface area contributed by atoms with Gasteiger partial charge in [-0.3, -0.25) is 14.5 Å². The lowest BCUT2D eigenvalue weighted by atomic mass is 10.1. The number of aryl methyl sites for hydroxylation is 1. The van der Waals surface area contributed by atoms with Crippen molar-refractivity contribution in [3.05, 3.63) is 59.0 Å². The summed E-state index contributed by atoms with van der Waals surface area (Å²) in [6.07, 6.45) is 0.165. The van der Waals surface area contributed by atoms with Crippen LogP contribution >= 0.6 is 11.3 Å². The third-order valence-electron chi connectivity index (χ3n) is 4.57. The Bertz CT molecular complexity index is 1130. The number of fused-ring (bicyclic) bond motifs is 1. The highest BCUT2D eigenvalue weighted by atomic mass is 32.1. The lowest BCUT2D eigenvalue weighted by Crippen LogP contribution is -2.37. The van der Waals surface area contributed by atoms with Crippen LogP contribution in [-0.2, 0) is 9.59 Å². The number of para-hydroxylation sites is 2. The number of amides is 2. The molecule has 30 heavy (non-hydrogen) atoms. The van der Waals surface area contributed by atoms with E-state index >= 15 is 0 Å². The first kappa shape index (κ1) is 20.0. The molecule has 0 saturated heterocycles. The number of nitrogens with zero attached hydrogens (tertiary/aromatic N) is 2. The first-order chi connectivity index (χ1) is 14.4. The summed E-state index contributed by atoms with van der Waals surface area (Å²) in [5, 5.41) is 2.99. The number of benzene rings is 2. The molecule has 4 rings (SSSR count). The van der Waals surface area contributed by atoms with E-state index in [0.29, 0.717) is 27.8 Å². The van der Waals surface area contributed by atoms with Crippen LogP contribution in [-0.4, -0.2) is 29.9 Å². The van der Waals surface area contributed by atoms with Crippen molar-refractivity contribution in [2.24, 2.45) is 0 Å². The molecule has 1 N–H and O–H groups in total. The summed E-state index contributed by atoms with van der Waals surface area (Å²) < 4.78 is 32.3. The van der Waals surface area contributed by atoms with E-state index in [9.17, 15) is 18.4 Å². The number of aromatic nitrogens is 1. The number of hydrogen-bond donors (Lipinski definition) is 1. The number of thiazole rings is 1. The molecule has 0 unspecified atom stereocenters. The van der Waals surface area contributed by atoms with Gasteiger partial charge in [-0.05, 0) is 37.3 Å². The Hall–Kier alpha value is -3.33. The number of carbonyl (C=O) groups excluding carboxylic acids is 2. The van der Waals surface area contributed by atoms with E-state index in [2.05, 4.69) is 10.3 Å². The Balaban J connectivity index is 1.52. The highest BCUT2D eigenvalue weighted by Gasteiger charge is 2.25. The molecule has 0 aliphatic carbocycles. The zero-order chi connectivity index (χ0) is 21.3. The van der Waals surface area contributed by atoms with E-state index in [1.165, 1.54) is 22.3 Å². The molecule has 0 atom stereocenters. The van der Waals surface area contributed by atoms with Gasteiger partial charge in [0.15, 0.2) is 16.8 Å². The number of anilines is 2. The van der Waals surface area contributed by atoms with Gasteiger partial charge < -0.3 is 10.1 Å². The minimum Gasteiger partial charge on any atom is -0.491 e. The van der Waals surface area contributed by atoms with Crippen LogP contribution in [0.4, 0.5) is 19.6 Å². The van der Waals surface area contributed by atoms with E-state index in [4.69, 9.17) is 4.74 Å². The summed E-state index contributed by atoms with van der Waals surface area (Å²) in [6.45, 7) is 1.82. The SMILES string of the molecule is Cc1sc(NC(=O)CN2C(=O)CCOc3ccccc32)nc1-c1ccc(F)c(F)c1. The normalized spacial score (nSPS) is 13.4. The molecular weight excluding hydrogens is 412 g/mol. The van der Waals surface area contributed by atoms with Crippen LogP contribution in [0.15, 0.2) is 42.5 Å². The van der Waals surface area contributed by atoms with Crippen LogP contribution in [0.3, 0.4) is 0 Å². The van der Waals surface area contributed by atoms with Crippen LogP contribution in [0.1, 0.15) is 11.3 Å². The number of nitrogens with one attached hydrogen (secondary N) is 1. The zero-order valence-corrected chi connectivity index (χ0v) is 16.8. The lowest BCUT2D eigenvalue weighted by Gasteiger charge is -2.20. The second-order valence-corrected chi connectivity index (χ2v) is 7.85. The monoisotopic (exact) mass is 429 g/mol. The van der Waals surface area contributed by atoms with Crippen molar-refractivity contribution < 1.29 is 23.1 Å². The Labute approximate surface area is 175 Å². The fourth-order valence-electron chi connectivity index (χ4n) is 3.16. The number of hydrogen-bond acceptors (Lipinski definition) is 5. The largest absolute Gasteiger partial charge is 0.491 e.